The maximum Gasteiger partial charge on any atom is 0.271 e. The number of para-hydroxylation sites is 1. The molecule has 34 heavy (non-hydrogen) atoms. The van der Waals surface area contributed by atoms with E-state index in [9.17, 15) is 18.0 Å². The third kappa shape index (κ3) is 6.30. The maximum absolute atomic E-state index is 12.6. The van der Waals surface area contributed by atoms with Gasteiger partial charge in [0, 0.05) is 25.7 Å². The van der Waals surface area contributed by atoms with E-state index in [1.807, 2.05) is 30.3 Å². The summed E-state index contributed by atoms with van der Waals surface area (Å²) in [6, 6.07) is 18.2. The van der Waals surface area contributed by atoms with Crippen molar-refractivity contribution in [2.24, 2.45) is 0 Å². The Morgan fingerprint density at radius 2 is 1.68 bits per heavy atom. The molecule has 0 spiro atoms. The second-order valence-electron chi connectivity index (χ2n) is 7.36. The van der Waals surface area contributed by atoms with Crippen LogP contribution in [0, 0.1) is 0 Å². The lowest BCUT2D eigenvalue weighted by Crippen LogP contribution is -2.31. The second kappa shape index (κ2) is 11.6. The molecule has 1 aromatic heterocycles. The average Bonchev–Trinajstić information content (AvgIpc) is 2.85. The molecule has 1 N–H and O–H groups in total. The van der Waals surface area contributed by atoms with Crippen molar-refractivity contribution in [1.29, 1.82) is 0 Å². The fourth-order valence-corrected chi connectivity index (χ4v) is 4.72. The fraction of sp³-hybridized carbons (Fsp3) is 0.292. The molecule has 9 nitrogen and oxygen atoms in total. The highest BCUT2D eigenvalue weighted by Gasteiger charge is 2.21. The molecule has 0 aliphatic heterocycles. The smallest absolute Gasteiger partial charge is 0.271 e. The van der Waals surface area contributed by atoms with Crippen LogP contribution in [-0.2, 0) is 23.1 Å². The highest BCUT2D eigenvalue weighted by Crippen LogP contribution is 2.16. The first kappa shape index (κ1) is 25.1. The number of nitrogens with zero attached hydrogens (tertiary/aromatic N) is 3. The molecule has 10 heteroatoms. The van der Waals surface area contributed by atoms with Crippen molar-refractivity contribution in [3.05, 3.63) is 88.3 Å². The molecule has 0 unspecified atom stereocenters. The number of hydrogen-bond acceptors (Lipinski definition) is 6. The molecule has 0 saturated carbocycles. The van der Waals surface area contributed by atoms with Gasteiger partial charge in [0.2, 0.25) is 10.0 Å². The number of benzene rings is 2. The molecule has 0 atom stereocenters. The summed E-state index contributed by atoms with van der Waals surface area (Å²) in [5.41, 5.74) is 0.495. The van der Waals surface area contributed by atoms with E-state index in [4.69, 9.17) is 4.74 Å². The zero-order valence-corrected chi connectivity index (χ0v) is 20.0. The predicted molar refractivity (Wildman–Crippen MR) is 128 cm³/mol. The highest BCUT2D eigenvalue weighted by molar-refractivity contribution is 7.89. The lowest BCUT2D eigenvalue weighted by molar-refractivity contribution is 0.0942. The highest BCUT2D eigenvalue weighted by atomic mass is 32.2. The van der Waals surface area contributed by atoms with Crippen LogP contribution in [0.25, 0.3) is 0 Å². The summed E-state index contributed by atoms with van der Waals surface area (Å²) in [5, 5.41) is 6.87. The number of hydrogen-bond donors (Lipinski definition) is 1. The van der Waals surface area contributed by atoms with Gasteiger partial charge in [0.1, 0.15) is 18.1 Å². The van der Waals surface area contributed by atoms with E-state index in [0.29, 0.717) is 18.8 Å². The van der Waals surface area contributed by atoms with E-state index in [1.54, 1.807) is 26.0 Å². The van der Waals surface area contributed by atoms with Gasteiger partial charge in [0.25, 0.3) is 11.5 Å². The van der Waals surface area contributed by atoms with E-state index in [2.05, 4.69) is 10.4 Å². The molecular formula is C24H28N4O5S. The SMILES string of the molecule is CCN(CC)S(=O)(=O)c1ccc(CNC(=O)c2ccc(=O)n(CCOc3ccccc3)n2)cc1. The molecule has 0 radical (unpaired) electrons. The van der Waals surface area contributed by atoms with E-state index >= 15 is 0 Å². The van der Waals surface area contributed by atoms with E-state index in [0.717, 1.165) is 5.56 Å². The van der Waals surface area contributed by atoms with Crippen LogP contribution >= 0.6 is 0 Å². The number of nitrogens with one attached hydrogen (secondary N) is 1. The van der Waals surface area contributed by atoms with Crippen LogP contribution in [0.2, 0.25) is 0 Å². The van der Waals surface area contributed by atoms with Crippen molar-refractivity contribution < 1.29 is 17.9 Å². The van der Waals surface area contributed by atoms with Gasteiger partial charge in [0.05, 0.1) is 11.4 Å². The molecule has 3 aromatic rings. The fourth-order valence-electron chi connectivity index (χ4n) is 3.26. The van der Waals surface area contributed by atoms with E-state index < -0.39 is 15.9 Å². The zero-order chi connectivity index (χ0) is 24.6. The van der Waals surface area contributed by atoms with Gasteiger partial charge in [-0.25, -0.2) is 13.1 Å². The summed E-state index contributed by atoms with van der Waals surface area (Å²) < 4.78 is 33.3. The molecule has 3 rings (SSSR count). The zero-order valence-electron chi connectivity index (χ0n) is 19.2. The van der Waals surface area contributed by atoms with Crippen molar-refractivity contribution in [2.75, 3.05) is 19.7 Å². The first-order chi connectivity index (χ1) is 16.3. The van der Waals surface area contributed by atoms with Gasteiger partial charge in [-0.3, -0.25) is 9.59 Å². The van der Waals surface area contributed by atoms with Gasteiger partial charge in [-0.2, -0.15) is 9.40 Å². The molecule has 0 bridgehead atoms. The van der Waals surface area contributed by atoms with Crippen molar-refractivity contribution in [2.45, 2.75) is 31.8 Å². The van der Waals surface area contributed by atoms with Crippen molar-refractivity contribution >= 4 is 15.9 Å². The monoisotopic (exact) mass is 484 g/mol. The predicted octanol–water partition coefficient (Wildman–Crippen LogP) is 2.28. The maximum atomic E-state index is 12.6. The van der Waals surface area contributed by atoms with Crippen LogP contribution in [0.4, 0.5) is 0 Å². The molecule has 0 aliphatic carbocycles. The standard InChI is InChI=1S/C24H28N4O5S/c1-3-27(4-2)34(31,32)21-12-10-19(11-13-21)18-25-24(30)22-14-15-23(29)28(26-22)16-17-33-20-8-6-5-7-9-20/h5-15H,3-4,16-18H2,1-2H3,(H,25,30). The first-order valence-corrected chi connectivity index (χ1v) is 12.4. The Hall–Kier alpha value is -3.50. The minimum Gasteiger partial charge on any atom is -0.492 e. The minimum atomic E-state index is -3.53. The van der Waals surface area contributed by atoms with Crippen LogP contribution in [-0.4, -0.2) is 48.1 Å². The van der Waals surface area contributed by atoms with Crippen LogP contribution in [0.1, 0.15) is 29.9 Å². The van der Waals surface area contributed by atoms with Gasteiger partial charge in [0.15, 0.2) is 0 Å². The van der Waals surface area contributed by atoms with Gasteiger partial charge in [-0.1, -0.05) is 44.2 Å². The number of ether oxygens (including phenoxy) is 1. The summed E-state index contributed by atoms with van der Waals surface area (Å²) in [6.07, 6.45) is 0. The number of carbonyl (C=O) groups is 1. The number of sulfonamides is 1. The molecule has 0 aliphatic rings. The van der Waals surface area contributed by atoms with Gasteiger partial charge < -0.3 is 10.1 Å². The Morgan fingerprint density at radius 1 is 1.00 bits per heavy atom. The van der Waals surface area contributed by atoms with Gasteiger partial charge >= 0.3 is 0 Å². The molecule has 1 amide bonds. The Labute approximate surface area is 199 Å². The molecule has 1 heterocycles. The topological polar surface area (TPSA) is 111 Å². The van der Waals surface area contributed by atoms with Crippen LogP contribution in [0.3, 0.4) is 0 Å². The summed E-state index contributed by atoms with van der Waals surface area (Å²) in [7, 11) is -3.53. The number of amides is 1. The van der Waals surface area contributed by atoms with Gasteiger partial charge in [-0.05, 0) is 35.9 Å². The largest absolute Gasteiger partial charge is 0.492 e. The molecular weight excluding hydrogens is 456 g/mol. The Bertz CT molecular complexity index is 1250. The molecule has 180 valence electrons. The Morgan fingerprint density at radius 3 is 2.32 bits per heavy atom. The molecule has 0 saturated heterocycles. The van der Waals surface area contributed by atoms with E-state index in [-0.39, 0.29) is 35.8 Å². The first-order valence-electron chi connectivity index (χ1n) is 11.0. The number of carbonyl (C=O) groups excluding carboxylic acids is 1. The normalized spacial score (nSPS) is 11.4. The average molecular weight is 485 g/mol. The summed E-state index contributed by atoms with van der Waals surface area (Å²) in [4.78, 5) is 24.8. The Balaban J connectivity index is 1.59. The molecule has 2 aromatic carbocycles. The summed E-state index contributed by atoms with van der Waals surface area (Å²) >= 11 is 0. The van der Waals surface area contributed by atoms with E-state index in [1.165, 1.54) is 33.3 Å². The second-order valence-corrected chi connectivity index (χ2v) is 9.30. The van der Waals surface area contributed by atoms with Crippen LogP contribution in [0.15, 0.2) is 76.4 Å². The van der Waals surface area contributed by atoms with Gasteiger partial charge in [-0.15, -0.1) is 0 Å². The third-order valence-electron chi connectivity index (χ3n) is 5.13. The van der Waals surface area contributed by atoms with Crippen LogP contribution in [0.5, 0.6) is 5.75 Å². The van der Waals surface area contributed by atoms with Crippen molar-refractivity contribution in [3.8, 4) is 5.75 Å². The number of rotatable bonds is 11. The number of aromatic nitrogens is 2. The Kier molecular flexibility index (Phi) is 8.55. The molecule has 0 fully saturated rings. The summed E-state index contributed by atoms with van der Waals surface area (Å²) in [6.45, 7) is 4.97. The van der Waals surface area contributed by atoms with Crippen molar-refractivity contribution in [1.82, 2.24) is 19.4 Å². The van der Waals surface area contributed by atoms with Crippen molar-refractivity contribution in [3.63, 3.8) is 0 Å². The summed E-state index contributed by atoms with van der Waals surface area (Å²) in [5.74, 6) is 0.234. The van der Waals surface area contributed by atoms with Crippen LogP contribution < -0.4 is 15.6 Å². The third-order valence-corrected chi connectivity index (χ3v) is 7.20. The quantitative estimate of drug-likeness (QED) is 0.447. The minimum absolute atomic E-state index is 0.0973. The lowest BCUT2D eigenvalue weighted by Gasteiger charge is -2.18. The lowest BCUT2D eigenvalue weighted by atomic mass is 10.2.